The minimum absolute atomic E-state index is 0.115. The van der Waals surface area contributed by atoms with Crippen LogP contribution in [0, 0.1) is 18.8 Å². The third-order valence-corrected chi connectivity index (χ3v) is 3.17. The highest BCUT2D eigenvalue weighted by atomic mass is 16.5. The first kappa shape index (κ1) is 14.6. The zero-order chi connectivity index (χ0) is 14.4. The minimum atomic E-state index is -0.186. The van der Waals surface area contributed by atoms with E-state index in [1.54, 1.807) is 6.07 Å². The first-order valence-corrected chi connectivity index (χ1v) is 6.80. The van der Waals surface area contributed by atoms with Gasteiger partial charge in [-0.2, -0.15) is 0 Å². The van der Waals surface area contributed by atoms with Crippen molar-refractivity contribution >= 4 is 5.91 Å². The topological polar surface area (TPSA) is 58.6 Å². The molecule has 1 aromatic rings. The fourth-order valence-corrected chi connectivity index (χ4v) is 2.24. The smallest absolute Gasteiger partial charge is 0.251 e. The molecule has 1 unspecified atom stereocenters. The maximum absolute atomic E-state index is 12.1. The van der Waals surface area contributed by atoms with Crippen LogP contribution in [-0.4, -0.2) is 36.9 Å². The van der Waals surface area contributed by atoms with Gasteiger partial charge in [-0.25, -0.2) is 0 Å². The molecule has 1 fully saturated rings. The van der Waals surface area contributed by atoms with Gasteiger partial charge in [-0.3, -0.25) is 4.79 Å². The summed E-state index contributed by atoms with van der Waals surface area (Å²) < 4.78 is 5.47. The Morgan fingerprint density at radius 1 is 1.50 bits per heavy atom. The molecule has 0 aliphatic carbocycles. The Morgan fingerprint density at radius 2 is 2.35 bits per heavy atom. The van der Waals surface area contributed by atoms with Crippen molar-refractivity contribution in [1.29, 1.82) is 0 Å². The molecule has 0 saturated carbocycles. The molecule has 1 aliphatic rings. The molecule has 1 atom stereocenters. The van der Waals surface area contributed by atoms with Gasteiger partial charge in [0.25, 0.3) is 5.91 Å². The van der Waals surface area contributed by atoms with Crippen LogP contribution in [0.4, 0.5) is 0 Å². The maximum Gasteiger partial charge on any atom is 0.251 e. The van der Waals surface area contributed by atoms with Crippen LogP contribution < -0.4 is 5.32 Å². The van der Waals surface area contributed by atoms with Gasteiger partial charge in [-0.1, -0.05) is 11.8 Å². The lowest BCUT2D eigenvalue weighted by atomic mass is 10.1. The second kappa shape index (κ2) is 7.09. The molecule has 1 heterocycles. The largest absolute Gasteiger partial charge is 0.384 e. The Morgan fingerprint density at radius 3 is 3.05 bits per heavy atom. The average molecular weight is 273 g/mol. The van der Waals surface area contributed by atoms with Gasteiger partial charge in [0.05, 0.1) is 6.10 Å². The lowest BCUT2D eigenvalue weighted by Gasteiger charge is -2.11. The molecule has 0 aromatic heterocycles. The van der Waals surface area contributed by atoms with Crippen molar-refractivity contribution in [1.82, 2.24) is 5.32 Å². The summed E-state index contributed by atoms with van der Waals surface area (Å²) in [5, 5.41) is 11.6. The first-order chi connectivity index (χ1) is 9.69. The van der Waals surface area contributed by atoms with Crippen molar-refractivity contribution in [2.45, 2.75) is 25.9 Å². The Labute approximate surface area is 119 Å². The van der Waals surface area contributed by atoms with Crippen molar-refractivity contribution < 1.29 is 14.6 Å². The van der Waals surface area contributed by atoms with E-state index in [-0.39, 0.29) is 18.6 Å². The molecule has 0 radical (unpaired) electrons. The number of nitrogens with one attached hydrogen (secondary N) is 1. The molecule has 2 rings (SSSR count). The molecular weight excluding hydrogens is 254 g/mol. The number of aliphatic hydroxyl groups excluding tert-OH is 1. The van der Waals surface area contributed by atoms with Gasteiger partial charge in [-0.15, -0.1) is 0 Å². The standard InChI is InChI=1S/C16H19NO3/c1-12-8-13(4-2-6-18)10-14(9-12)16(19)17-11-15-5-3-7-20-15/h8-10,15,18H,3,5-7,11H2,1H3,(H,17,19). The number of amides is 1. The van der Waals surface area contributed by atoms with Gasteiger partial charge >= 0.3 is 0 Å². The van der Waals surface area contributed by atoms with Crippen LogP contribution in [0.3, 0.4) is 0 Å². The van der Waals surface area contributed by atoms with Crippen molar-refractivity contribution in [3.63, 3.8) is 0 Å². The van der Waals surface area contributed by atoms with E-state index in [0.29, 0.717) is 12.1 Å². The average Bonchev–Trinajstić information content (AvgIpc) is 2.95. The normalized spacial score (nSPS) is 17.4. The van der Waals surface area contributed by atoms with Gasteiger partial charge in [0.2, 0.25) is 0 Å². The summed E-state index contributed by atoms with van der Waals surface area (Å²) in [6.07, 6.45) is 2.20. The molecule has 1 aromatic carbocycles. The highest BCUT2D eigenvalue weighted by Crippen LogP contribution is 2.12. The molecule has 1 amide bonds. The second-order valence-electron chi connectivity index (χ2n) is 4.89. The molecule has 0 bridgehead atoms. The zero-order valence-electron chi connectivity index (χ0n) is 11.6. The highest BCUT2D eigenvalue weighted by Gasteiger charge is 2.16. The van der Waals surface area contributed by atoms with Gasteiger partial charge < -0.3 is 15.2 Å². The number of rotatable bonds is 3. The van der Waals surface area contributed by atoms with Gasteiger partial charge in [0.1, 0.15) is 6.61 Å². The Kier molecular flexibility index (Phi) is 5.16. The van der Waals surface area contributed by atoms with E-state index in [1.807, 2.05) is 19.1 Å². The van der Waals surface area contributed by atoms with Crippen molar-refractivity contribution in [3.8, 4) is 11.8 Å². The van der Waals surface area contributed by atoms with Crippen LogP contribution >= 0.6 is 0 Å². The van der Waals surface area contributed by atoms with E-state index in [0.717, 1.165) is 30.6 Å². The summed E-state index contributed by atoms with van der Waals surface area (Å²) >= 11 is 0. The molecular formula is C16H19NO3. The van der Waals surface area contributed by atoms with E-state index < -0.39 is 0 Å². The minimum Gasteiger partial charge on any atom is -0.384 e. The summed E-state index contributed by atoms with van der Waals surface area (Å²) in [4.78, 5) is 12.1. The number of hydrogen-bond donors (Lipinski definition) is 2. The number of benzene rings is 1. The Balaban J connectivity index is 2.02. The SMILES string of the molecule is Cc1cc(C#CCO)cc(C(=O)NCC2CCCO2)c1. The summed E-state index contributed by atoms with van der Waals surface area (Å²) in [6, 6.07) is 5.45. The maximum atomic E-state index is 12.1. The zero-order valence-corrected chi connectivity index (χ0v) is 11.6. The molecule has 106 valence electrons. The highest BCUT2D eigenvalue weighted by molar-refractivity contribution is 5.94. The van der Waals surface area contributed by atoms with E-state index in [4.69, 9.17) is 9.84 Å². The Bertz CT molecular complexity index is 536. The van der Waals surface area contributed by atoms with Crippen LogP contribution in [0.5, 0.6) is 0 Å². The van der Waals surface area contributed by atoms with Crippen LogP contribution in [0.15, 0.2) is 18.2 Å². The summed E-state index contributed by atoms with van der Waals surface area (Å²) in [7, 11) is 0. The van der Waals surface area contributed by atoms with Crippen LogP contribution in [0.2, 0.25) is 0 Å². The third kappa shape index (κ3) is 4.09. The number of hydrogen-bond acceptors (Lipinski definition) is 3. The van der Waals surface area contributed by atoms with Crippen LogP contribution in [-0.2, 0) is 4.74 Å². The van der Waals surface area contributed by atoms with Crippen LogP contribution in [0.1, 0.15) is 34.3 Å². The number of aryl methyl sites for hydroxylation is 1. The van der Waals surface area contributed by atoms with Gasteiger partial charge in [0.15, 0.2) is 0 Å². The molecule has 1 aliphatic heterocycles. The molecule has 4 heteroatoms. The van der Waals surface area contributed by atoms with Crippen molar-refractivity contribution in [3.05, 3.63) is 34.9 Å². The Hall–Kier alpha value is -1.83. The molecule has 20 heavy (non-hydrogen) atoms. The monoisotopic (exact) mass is 273 g/mol. The summed E-state index contributed by atoms with van der Waals surface area (Å²) in [6.45, 7) is 3.06. The lowest BCUT2D eigenvalue weighted by molar-refractivity contribution is 0.0857. The quantitative estimate of drug-likeness (QED) is 0.815. The van der Waals surface area contributed by atoms with Crippen molar-refractivity contribution in [2.75, 3.05) is 19.8 Å². The molecule has 0 spiro atoms. The van der Waals surface area contributed by atoms with E-state index in [1.165, 1.54) is 0 Å². The van der Waals surface area contributed by atoms with Gasteiger partial charge in [-0.05, 0) is 43.5 Å². The number of aliphatic hydroxyl groups is 1. The second-order valence-corrected chi connectivity index (χ2v) is 4.89. The predicted molar refractivity (Wildman–Crippen MR) is 76.5 cm³/mol. The van der Waals surface area contributed by atoms with Gasteiger partial charge in [0, 0.05) is 24.3 Å². The predicted octanol–water partition coefficient (Wildman–Crippen LogP) is 1.25. The number of carbonyl (C=O) groups is 1. The third-order valence-electron chi connectivity index (χ3n) is 3.17. The fraction of sp³-hybridized carbons (Fsp3) is 0.438. The molecule has 2 N–H and O–H groups in total. The van der Waals surface area contributed by atoms with E-state index >= 15 is 0 Å². The molecule has 1 saturated heterocycles. The fourth-order valence-electron chi connectivity index (χ4n) is 2.24. The van der Waals surface area contributed by atoms with Crippen molar-refractivity contribution in [2.24, 2.45) is 0 Å². The molecule has 4 nitrogen and oxygen atoms in total. The number of carbonyl (C=O) groups excluding carboxylic acids is 1. The summed E-state index contributed by atoms with van der Waals surface area (Å²) in [5.74, 6) is 5.30. The first-order valence-electron chi connectivity index (χ1n) is 6.80. The lowest BCUT2D eigenvalue weighted by Crippen LogP contribution is -2.31. The van der Waals surface area contributed by atoms with E-state index in [9.17, 15) is 4.79 Å². The van der Waals surface area contributed by atoms with Crippen LogP contribution in [0.25, 0.3) is 0 Å². The number of ether oxygens (including phenoxy) is 1. The summed E-state index contributed by atoms with van der Waals surface area (Å²) in [5.41, 5.74) is 2.29. The van der Waals surface area contributed by atoms with E-state index in [2.05, 4.69) is 17.2 Å².